The Kier molecular flexibility index (Phi) is 7.64. The summed E-state index contributed by atoms with van der Waals surface area (Å²) in [7, 11) is -3.67. The lowest BCUT2D eigenvalue weighted by Crippen LogP contribution is -2.42. The van der Waals surface area contributed by atoms with Crippen molar-refractivity contribution in [2.45, 2.75) is 24.2 Å². The first-order valence-electron chi connectivity index (χ1n) is 10.3. The first kappa shape index (κ1) is 22.8. The van der Waals surface area contributed by atoms with Crippen LogP contribution >= 0.6 is 0 Å². The van der Waals surface area contributed by atoms with Gasteiger partial charge in [-0.1, -0.05) is 18.2 Å². The molecule has 2 aromatic carbocycles. The number of nitrogens with one attached hydrogen (secondary N) is 2. The maximum Gasteiger partial charge on any atom is 0.261 e. The molecule has 0 aliphatic carbocycles. The molecule has 31 heavy (non-hydrogen) atoms. The van der Waals surface area contributed by atoms with E-state index in [1.165, 1.54) is 12.1 Å². The number of carbonyl (C=O) groups is 2. The fourth-order valence-electron chi connectivity index (χ4n) is 3.60. The Hall–Kier alpha value is -2.91. The third-order valence-electron chi connectivity index (χ3n) is 5.30. The van der Waals surface area contributed by atoms with Crippen molar-refractivity contribution in [3.05, 3.63) is 60.2 Å². The molecule has 1 unspecified atom stereocenters. The average Bonchev–Trinajstić information content (AvgIpc) is 2.77. The maximum atomic E-state index is 12.4. The predicted octanol–water partition coefficient (Wildman–Crippen LogP) is 1.80. The Morgan fingerprint density at radius 1 is 1.06 bits per heavy atom. The van der Waals surface area contributed by atoms with E-state index in [4.69, 9.17) is 5.73 Å². The van der Waals surface area contributed by atoms with Gasteiger partial charge in [0, 0.05) is 24.3 Å². The number of hydrogen-bond donors (Lipinski definition) is 3. The third-order valence-corrected chi connectivity index (χ3v) is 6.69. The quantitative estimate of drug-likeness (QED) is 0.509. The number of amides is 2. The van der Waals surface area contributed by atoms with Crippen molar-refractivity contribution >= 4 is 27.5 Å². The van der Waals surface area contributed by atoms with E-state index < -0.39 is 10.0 Å². The minimum Gasteiger partial charge on any atom is -0.369 e. The molecule has 0 saturated carbocycles. The molecule has 3 rings (SSSR count). The molecular weight excluding hydrogens is 416 g/mol. The smallest absolute Gasteiger partial charge is 0.261 e. The number of nitrogens with zero attached hydrogens (tertiary/aromatic N) is 1. The van der Waals surface area contributed by atoms with Crippen molar-refractivity contribution in [2.75, 3.05) is 30.9 Å². The van der Waals surface area contributed by atoms with Crippen LogP contribution in [0.3, 0.4) is 0 Å². The van der Waals surface area contributed by atoms with E-state index in [1.807, 2.05) is 0 Å². The van der Waals surface area contributed by atoms with Crippen LogP contribution in [0.1, 0.15) is 29.6 Å². The minimum atomic E-state index is -3.67. The van der Waals surface area contributed by atoms with Gasteiger partial charge < -0.3 is 16.0 Å². The lowest BCUT2D eigenvalue weighted by Gasteiger charge is -2.31. The van der Waals surface area contributed by atoms with Crippen LogP contribution in [-0.2, 0) is 14.8 Å². The van der Waals surface area contributed by atoms with Gasteiger partial charge in [-0.3, -0.25) is 14.3 Å². The molecule has 1 aliphatic rings. The molecule has 1 saturated heterocycles. The second kappa shape index (κ2) is 10.4. The predicted molar refractivity (Wildman–Crippen MR) is 119 cm³/mol. The van der Waals surface area contributed by atoms with Gasteiger partial charge in [-0.05, 0) is 68.8 Å². The van der Waals surface area contributed by atoms with Crippen molar-refractivity contribution in [1.82, 2.24) is 10.2 Å². The van der Waals surface area contributed by atoms with E-state index in [-0.39, 0.29) is 22.6 Å². The Bertz CT molecular complexity index is 994. The molecule has 2 aromatic rings. The number of anilines is 1. The van der Waals surface area contributed by atoms with Crippen LogP contribution in [0, 0.1) is 5.92 Å². The van der Waals surface area contributed by atoms with Crippen LogP contribution < -0.4 is 15.8 Å². The summed E-state index contributed by atoms with van der Waals surface area (Å²) in [5, 5.41) is 2.87. The Morgan fingerprint density at radius 3 is 2.45 bits per heavy atom. The van der Waals surface area contributed by atoms with E-state index in [1.54, 1.807) is 42.5 Å². The largest absolute Gasteiger partial charge is 0.369 e. The van der Waals surface area contributed by atoms with Crippen LogP contribution in [0.4, 0.5) is 5.69 Å². The zero-order valence-corrected chi connectivity index (χ0v) is 18.1. The summed E-state index contributed by atoms with van der Waals surface area (Å²) in [5.74, 6) is -0.542. The molecule has 0 spiro atoms. The Morgan fingerprint density at radius 2 is 1.77 bits per heavy atom. The van der Waals surface area contributed by atoms with Gasteiger partial charge in [0.05, 0.1) is 10.8 Å². The number of carbonyl (C=O) groups excluding carboxylic acids is 2. The van der Waals surface area contributed by atoms with Gasteiger partial charge in [0.2, 0.25) is 5.91 Å². The number of hydrogen-bond acceptors (Lipinski definition) is 5. The average molecular weight is 445 g/mol. The zero-order chi connectivity index (χ0) is 22.3. The van der Waals surface area contributed by atoms with Crippen LogP contribution in [0.5, 0.6) is 0 Å². The lowest BCUT2D eigenvalue weighted by molar-refractivity contribution is -0.123. The molecular formula is C22H28N4O4S. The molecule has 4 N–H and O–H groups in total. The van der Waals surface area contributed by atoms with E-state index in [2.05, 4.69) is 14.9 Å². The number of benzene rings is 2. The number of piperidine rings is 1. The number of rotatable bonds is 9. The first-order chi connectivity index (χ1) is 14.8. The SMILES string of the molecule is NC(=O)C1CCCN(CCCNC(=O)c2ccc(NS(=O)(=O)c3ccccc3)cc2)C1. The minimum absolute atomic E-state index is 0.0822. The number of likely N-dealkylation sites (tertiary alicyclic amines) is 1. The van der Waals surface area contributed by atoms with Gasteiger partial charge in [-0.15, -0.1) is 0 Å². The zero-order valence-electron chi connectivity index (χ0n) is 17.3. The normalized spacial score (nSPS) is 17.1. The van der Waals surface area contributed by atoms with Crippen LogP contribution in [-0.4, -0.2) is 51.3 Å². The summed E-state index contributed by atoms with van der Waals surface area (Å²) < 4.78 is 27.2. The third kappa shape index (κ3) is 6.53. The van der Waals surface area contributed by atoms with Crippen molar-refractivity contribution < 1.29 is 18.0 Å². The van der Waals surface area contributed by atoms with Gasteiger partial charge in [0.1, 0.15) is 0 Å². The lowest BCUT2D eigenvalue weighted by atomic mass is 9.97. The summed E-state index contributed by atoms with van der Waals surface area (Å²) >= 11 is 0. The molecule has 8 nitrogen and oxygen atoms in total. The second-order valence-electron chi connectivity index (χ2n) is 7.65. The van der Waals surface area contributed by atoms with Crippen molar-refractivity contribution in [3.63, 3.8) is 0 Å². The number of nitrogens with two attached hydrogens (primary N) is 1. The molecule has 0 aromatic heterocycles. The molecule has 0 bridgehead atoms. The molecule has 2 amide bonds. The topological polar surface area (TPSA) is 122 Å². The fourth-order valence-corrected chi connectivity index (χ4v) is 4.68. The van der Waals surface area contributed by atoms with Gasteiger partial charge >= 0.3 is 0 Å². The number of primary amides is 1. The van der Waals surface area contributed by atoms with Crippen molar-refractivity contribution in [1.29, 1.82) is 0 Å². The van der Waals surface area contributed by atoms with Crippen molar-refractivity contribution in [3.8, 4) is 0 Å². The van der Waals surface area contributed by atoms with E-state index in [0.29, 0.717) is 24.3 Å². The fraction of sp³-hybridized carbons (Fsp3) is 0.364. The molecule has 1 atom stereocenters. The summed E-state index contributed by atoms with van der Waals surface area (Å²) in [6.07, 6.45) is 2.58. The highest BCUT2D eigenvalue weighted by Crippen LogP contribution is 2.17. The second-order valence-corrected chi connectivity index (χ2v) is 9.33. The maximum absolute atomic E-state index is 12.4. The van der Waals surface area contributed by atoms with Gasteiger partial charge in [0.25, 0.3) is 15.9 Å². The van der Waals surface area contributed by atoms with E-state index in [0.717, 1.165) is 32.4 Å². The van der Waals surface area contributed by atoms with Crippen LogP contribution in [0.2, 0.25) is 0 Å². The highest BCUT2D eigenvalue weighted by atomic mass is 32.2. The van der Waals surface area contributed by atoms with E-state index in [9.17, 15) is 18.0 Å². The van der Waals surface area contributed by atoms with E-state index >= 15 is 0 Å². The van der Waals surface area contributed by atoms with Crippen LogP contribution in [0.15, 0.2) is 59.5 Å². The summed E-state index contributed by atoms with van der Waals surface area (Å²) in [5.41, 5.74) is 6.24. The highest BCUT2D eigenvalue weighted by molar-refractivity contribution is 7.92. The molecule has 1 fully saturated rings. The molecule has 166 valence electrons. The summed E-state index contributed by atoms with van der Waals surface area (Å²) in [6.45, 7) is 2.94. The standard InChI is InChI=1S/C22H28N4O4S/c23-21(27)18-6-4-14-26(16-18)15-5-13-24-22(28)17-9-11-19(12-10-17)25-31(29,30)20-7-2-1-3-8-20/h1-3,7-12,18,25H,4-6,13-16H2,(H2,23,27)(H,24,28). The van der Waals surface area contributed by atoms with Crippen LogP contribution in [0.25, 0.3) is 0 Å². The Labute approximate surface area is 182 Å². The molecule has 0 radical (unpaired) electrons. The van der Waals surface area contributed by atoms with Gasteiger partial charge in [-0.2, -0.15) is 0 Å². The first-order valence-corrected chi connectivity index (χ1v) is 11.8. The highest BCUT2D eigenvalue weighted by Gasteiger charge is 2.23. The molecule has 1 aliphatic heterocycles. The van der Waals surface area contributed by atoms with Gasteiger partial charge in [-0.25, -0.2) is 8.42 Å². The van der Waals surface area contributed by atoms with Crippen molar-refractivity contribution in [2.24, 2.45) is 11.7 Å². The number of sulfonamides is 1. The summed E-state index contributed by atoms with van der Waals surface area (Å²) in [6, 6.07) is 14.4. The molecule has 1 heterocycles. The Balaban J connectivity index is 1.44. The summed E-state index contributed by atoms with van der Waals surface area (Å²) in [4.78, 5) is 26.1. The monoisotopic (exact) mass is 444 g/mol. The van der Waals surface area contributed by atoms with Gasteiger partial charge in [0.15, 0.2) is 0 Å². The molecule has 9 heteroatoms.